The molecule has 1 heterocycles. The Morgan fingerprint density at radius 2 is 1.72 bits per heavy atom. The molecule has 0 aliphatic rings. The van der Waals surface area contributed by atoms with Crippen molar-refractivity contribution in [3.05, 3.63) is 72.6 Å². The highest BCUT2D eigenvalue weighted by Crippen LogP contribution is 2.12. The first-order chi connectivity index (χ1) is 8.93. The summed E-state index contributed by atoms with van der Waals surface area (Å²) in [6.07, 6.45) is 6.18. The third-order valence-electron chi connectivity index (χ3n) is 2.94. The molecule has 18 heavy (non-hydrogen) atoms. The van der Waals surface area contributed by atoms with Crippen molar-refractivity contribution in [1.82, 2.24) is 9.55 Å². The maximum atomic E-state index is 4.37. The van der Waals surface area contributed by atoms with Gasteiger partial charge in [0.1, 0.15) is 0 Å². The van der Waals surface area contributed by atoms with Gasteiger partial charge in [-0.3, -0.25) is 0 Å². The summed E-state index contributed by atoms with van der Waals surface area (Å²) in [7, 11) is 0. The van der Waals surface area contributed by atoms with Crippen molar-refractivity contribution in [2.75, 3.05) is 0 Å². The van der Waals surface area contributed by atoms with Gasteiger partial charge in [0, 0.05) is 6.54 Å². The van der Waals surface area contributed by atoms with Gasteiger partial charge in [0.15, 0.2) is 0 Å². The number of benzene rings is 2. The van der Waals surface area contributed by atoms with E-state index in [-0.39, 0.29) is 0 Å². The van der Waals surface area contributed by atoms with Crippen LogP contribution >= 0.6 is 0 Å². The largest absolute Gasteiger partial charge is 0.327 e. The number of rotatable bonds is 3. The lowest BCUT2D eigenvalue weighted by atomic mass is 10.2. The summed E-state index contributed by atoms with van der Waals surface area (Å²) < 4.78 is 2.15. The number of aromatic nitrogens is 2. The van der Waals surface area contributed by atoms with Gasteiger partial charge in [-0.15, -0.1) is 0 Å². The van der Waals surface area contributed by atoms with E-state index in [1.807, 2.05) is 42.7 Å². The average molecular weight is 234 g/mol. The zero-order valence-corrected chi connectivity index (χ0v) is 10.0. The summed E-state index contributed by atoms with van der Waals surface area (Å²) in [4.78, 5) is 4.37. The highest BCUT2D eigenvalue weighted by molar-refractivity contribution is 5.75. The van der Waals surface area contributed by atoms with Gasteiger partial charge in [0.25, 0.3) is 0 Å². The molecule has 0 unspecified atom stereocenters. The Labute approximate surface area is 106 Å². The molecule has 3 aromatic rings. The Morgan fingerprint density at radius 3 is 2.61 bits per heavy atom. The van der Waals surface area contributed by atoms with Crippen molar-refractivity contribution in [2.45, 2.75) is 6.54 Å². The van der Waals surface area contributed by atoms with E-state index in [1.165, 1.54) is 11.1 Å². The predicted octanol–water partition coefficient (Wildman–Crippen LogP) is 3.75. The molecule has 2 heteroatoms. The minimum atomic E-state index is 0.843. The normalized spacial score (nSPS) is 11.3. The summed E-state index contributed by atoms with van der Waals surface area (Å²) in [5.41, 5.74) is 3.45. The fraction of sp³-hybridized carbons (Fsp3) is 0.0625. The molecule has 2 nitrogen and oxygen atoms in total. The Kier molecular flexibility index (Phi) is 2.92. The minimum Gasteiger partial charge on any atom is -0.327 e. The fourth-order valence-corrected chi connectivity index (χ4v) is 2.02. The fourth-order valence-electron chi connectivity index (χ4n) is 2.02. The summed E-state index contributed by atoms with van der Waals surface area (Å²) >= 11 is 0. The van der Waals surface area contributed by atoms with Gasteiger partial charge < -0.3 is 4.57 Å². The lowest BCUT2D eigenvalue weighted by Gasteiger charge is -1.99. The zero-order chi connectivity index (χ0) is 12.2. The van der Waals surface area contributed by atoms with Crippen molar-refractivity contribution >= 4 is 17.1 Å². The van der Waals surface area contributed by atoms with Crippen LogP contribution < -0.4 is 0 Å². The quantitative estimate of drug-likeness (QED) is 0.675. The highest BCUT2D eigenvalue weighted by Gasteiger charge is 1.98. The van der Waals surface area contributed by atoms with Crippen LogP contribution in [0.2, 0.25) is 0 Å². The van der Waals surface area contributed by atoms with Crippen LogP contribution in [0.25, 0.3) is 17.1 Å². The second kappa shape index (κ2) is 4.88. The average Bonchev–Trinajstić information content (AvgIpc) is 2.84. The summed E-state index contributed by atoms with van der Waals surface area (Å²) in [6.45, 7) is 0.843. The van der Waals surface area contributed by atoms with Crippen molar-refractivity contribution in [2.24, 2.45) is 0 Å². The lowest BCUT2D eigenvalue weighted by molar-refractivity contribution is 0.852. The third-order valence-corrected chi connectivity index (χ3v) is 2.94. The molecule has 1 aromatic heterocycles. The number of allylic oxidation sites excluding steroid dienone is 1. The summed E-state index contributed by atoms with van der Waals surface area (Å²) in [6, 6.07) is 18.5. The summed E-state index contributed by atoms with van der Waals surface area (Å²) in [5, 5.41) is 0. The Morgan fingerprint density at radius 1 is 0.944 bits per heavy atom. The molecule has 0 aliphatic heterocycles. The van der Waals surface area contributed by atoms with Gasteiger partial charge in [-0.05, 0) is 17.7 Å². The monoisotopic (exact) mass is 234 g/mol. The number of nitrogens with zero attached hydrogens (tertiary/aromatic N) is 2. The highest BCUT2D eigenvalue weighted by atomic mass is 15.0. The second-order valence-corrected chi connectivity index (χ2v) is 4.20. The van der Waals surface area contributed by atoms with Crippen LogP contribution in [0.15, 0.2) is 67.0 Å². The standard InChI is InChI=1S/C16H14N2/c1-2-7-14(8-3-1)9-6-12-18-13-17-15-10-4-5-11-16(15)18/h1-11,13H,12H2. The molecule has 88 valence electrons. The molecule has 3 rings (SSSR count). The number of hydrogen-bond acceptors (Lipinski definition) is 1. The second-order valence-electron chi connectivity index (χ2n) is 4.20. The first-order valence-corrected chi connectivity index (χ1v) is 6.05. The van der Waals surface area contributed by atoms with E-state index in [1.54, 1.807) is 0 Å². The van der Waals surface area contributed by atoms with Crippen LogP contribution in [0.3, 0.4) is 0 Å². The molecule has 0 bridgehead atoms. The third kappa shape index (κ3) is 2.18. The SMILES string of the molecule is C(=Cc1ccccc1)Cn1cnc2ccccc21. The van der Waals surface area contributed by atoms with Gasteiger partial charge in [0.05, 0.1) is 17.4 Å². The Balaban J connectivity index is 1.79. The van der Waals surface area contributed by atoms with E-state index < -0.39 is 0 Å². The van der Waals surface area contributed by atoms with Gasteiger partial charge in [-0.2, -0.15) is 0 Å². The Hall–Kier alpha value is -2.35. The molecule has 0 amide bonds. The van der Waals surface area contributed by atoms with E-state index in [9.17, 15) is 0 Å². The first-order valence-electron chi connectivity index (χ1n) is 6.05. The van der Waals surface area contributed by atoms with E-state index in [0.717, 1.165) is 12.1 Å². The topological polar surface area (TPSA) is 17.8 Å². The maximum Gasteiger partial charge on any atom is 0.0961 e. The zero-order valence-electron chi connectivity index (χ0n) is 10.0. The number of para-hydroxylation sites is 2. The van der Waals surface area contributed by atoms with E-state index >= 15 is 0 Å². The lowest BCUT2D eigenvalue weighted by Crippen LogP contribution is -1.91. The molecule has 0 radical (unpaired) electrons. The van der Waals surface area contributed by atoms with Crippen molar-refractivity contribution < 1.29 is 0 Å². The van der Waals surface area contributed by atoms with Crippen molar-refractivity contribution in [3.63, 3.8) is 0 Å². The molecular formula is C16H14N2. The van der Waals surface area contributed by atoms with Crippen LogP contribution in [0, 0.1) is 0 Å². The van der Waals surface area contributed by atoms with Crippen LogP contribution in [0.5, 0.6) is 0 Å². The predicted molar refractivity (Wildman–Crippen MR) is 75.2 cm³/mol. The molecule has 0 spiro atoms. The molecule has 0 saturated heterocycles. The number of fused-ring (bicyclic) bond motifs is 1. The summed E-state index contributed by atoms with van der Waals surface area (Å²) in [5.74, 6) is 0. The van der Waals surface area contributed by atoms with Gasteiger partial charge >= 0.3 is 0 Å². The van der Waals surface area contributed by atoms with E-state index in [0.29, 0.717) is 0 Å². The molecular weight excluding hydrogens is 220 g/mol. The van der Waals surface area contributed by atoms with Crippen LogP contribution in [0.1, 0.15) is 5.56 Å². The molecule has 0 saturated carbocycles. The molecule has 2 aromatic carbocycles. The van der Waals surface area contributed by atoms with Crippen LogP contribution in [-0.2, 0) is 6.54 Å². The minimum absolute atomic E-state index is 0.843. The van der Waals surface area contributed by atoms with Gasteiger partial charge in [-0.25, -0.2) is 4.98 Å². The van der Waals surface area contributed by atoms with Crippen LogP contribution in [-0.4, -0.2) is 9.55 Å². The van der Waals surface area contributed by atoms with Gasteiger partial charge in [-0.1, -0.05) is 54.6 Å². The Bertz CT molecular complexity index is 666. The molecule has 0 N–H and O–H groups in total. The number of hydrogen-bond donors (Lipinski definition) is 0. The molecule has 0 fully saturated rings. The van der Waals surface area contributed by atoms with Crippen molar-refractivity contribution in [1.29, 1.82) is 0 Å². The number of imidazole rings is 1. The van der Waals surface area contributed by atoms with Crippen LogP contribution in [0.4, 0.5) is 0 Å². The molecule has 0 atom stereocenters. The maximum absolute atomic E-state index is 4.37. The van der Waals surface area contributed by atoms with E-state index in [2.05, 4.69) is 39.9 Å². The smallest absolute Gasteiger partial charge is 0.0961 e. The first kappa shape index (κ1) is 10.8. The van der Waals surface area contributed by atoms with Crippen molar-refractivity contribution in [3.8, 4) is 0 Å². The van der Waals surface area contributed by atoms with Gasteiger partial charge in [0.2, 0.25) is 0 Å². The van der Waals surface area contributed by atoms with E-state index in [4.69, 9.17) is 0 Å². The molecule has 0 aliphatic carbocycles.